The van der Waals surface area contributed by atoms with Gasteiger partial charge >= 0.3 is 5.97 Å². The summed E-state index contributed by atoms with van der Waals surface area (Å²) in [5.41, 5.74) is 0.902. The van der Waals surface area contributed by atoms with Crippen molar-refractivity contribution in [3.8, 4) is 0 Å². The first-order valence-electron chi connectivity index (χ1n) is 4.74. The Balaban J connectivity index is 2.23. The maximum absolute atomic E-state index is 11.2. The SMILES string of the molecule is O=C(CCl)NCC(=O)OCc1ccccc1. The van der Waals surface area contributed by atoms with Crippen LogP contribution < -0.4 is 5.32 Å². The van der Waals surface area contributed by atoms with E-state index < -0.39 is 11.9 Å². The molecule has 0 spiro atoms. The number of benzene rings is 1. The van der Waals surface area contributed by atoms with E-state index in [0.717, 1.165) is 5.56 Å². The molecule has 0 radical (unpaired) electrons. The highest BCUT2D eigenvalue weighted by Gasteiger charge is 2.05. The molecule has 1 aromatic rings. The third-order valence-electron chi connectivity index (χ3n) is 1.79. The van der Waals surface area contributed by atoms with Crippen molar-refractivity contribution < 1.29 is 14.3 Å². The van der Waals surface area contributed by atoms with Crippen LogP contribution in [-0.2, 0) is 20.9 Å². The van der Waals surface area contributed by atoms with E-state index in [-0.39, 0.29) is 19.0 Å². The molecule has 0 aliphatic carbocycles. The highest BCUT2D eigenvalue weighted by Crippen LogP contribution is 2.00. The van der Waals surface area contributed by atoms with E-state index in [1.165, 1.54) is 0 Å². The van der Waals surface area contributed by atoms with Gasteiger partial charge in [-0.2, -0.15) is 0 Å². The van der Waals surface area contributed by atoms with E-state index in [9.17, 15) is 9.59 Å². The Morgan fingerprint density at radius 1 is 1.25 bits per heavy atom. The maximum Gasteiger partial charge on any atom is 0.325 e. The topological polar surface area (TPSA) is 55.4 Å². The molecular formula is C11H12ClNO3. The van der Waals surface area contributed by atoms with Gasteiger partial charge in [-0.05, 0) is 5.56 Å². The summed E-state index contributed by atoms with van der Waals surface area (Å²) in [4.78, 5) is 21.9. The number of carbonyl (C=O) groups is 2. The lowest BCUT2D eigenvalue weighted by molar-refractivity contribution is -0.145. The van der Waals surface area contributed by atoms with Crippen molar-refractivity contribution in [1.29, 1.82) is 0 Å². The minimum atomic E-state index is -0.484. The first-order valence-corrected chi connectivity index (χ1v) is 5.28. The normalized spacial score (nSPS) is 9.56. The quantitative estimate of drug-likeness (QED) is 0.620. The summed E-state index contributed by atoms with van der Waals surface area (Å²) in [5.74, 6) is -1.04. The van der Waals surface area contributed by atoms with Crippen molar-refractivity contribution in [2.75, 3.05) is 12.4 Å². The molecule has 0 atom stereocenters. The molecule has 4 nitrogen and oxygen atoms in total. The molecule has 0 saturated carbocycles. The van der Waals surface area contributed by atoms with Crippen LogP contribution in [0.3, 0.4) is 0 Å². The summed E-state index contributed by atoms with van der Waals surface area (Å²) in [6.07, 6.45) is 0. The maximum atomic E-state index is 11.2. The summed E-state index contributed by atoms with van der Waals surface area (Å²) in [5, 5.41) is 2.32. The second-order valence-corrected chi connectivity index (χ2v) is 3.32. The second kappa shape index (κ2) is 6.85. The van der Waals surface area contributed by atoms with Crippen LogP contribution in [0.25, 0.3) is 0 Å². The predicted molar refractivity (Wildman–Crippen MR) is 60.0 cm³/mol. The van der Waals surface area contributed by atoms with Crippen LogP contribution >= 0.6 is 11.6 Å². The number of esters is 1. The Morgan fingerprint density at radius 3 is 2.56 bits per heavy atom. The van der Waals surface area contributed by atoms with Gasteiger partial charge in [-0.1, -0.05) is 30.3 Å². The van der Waals surface area contributed by atoms with Gasteiger partial charge in [-0.3, -0.25) is 9.59 Å². The Kier molecular flexibility index (Phi) is 5.36. The van der Waals surface area contributed by atoms with Crippen LogP contribution in [0.1, 0.15) is 5.56 Å². The molecule has 1 rings (SSSR count). The molecule has 0 bridgehead atoms. The largest absolute Gasteiger partial charge is 0.460 e. The molecule has 0 unspecified atom stereocenters. The van der Waals surface area contributed by atoms with Gasteiger partial charge in [0.15, 0.2) is 0 Å². The summed E-state index contributed by atoms with van der Waals surface area (Å²) in [7, 11) is 0. The number of hydrogen-bond acceptors (Lipinski definition) is 3. The Labute approximate surface area is 98.5 Å². The van der Waals surface area contributed by atoms with E-state index in [1.54, 1.807) is 0 Å². The number of carbonyl (C=O) groups excluding carboxylic acids is 2. The van der Waals surface area contributed by atoms with Crippen molar-refractivity contribution in [2.24, 2.45) is 0 Å². The molecule has 86 valence electrons. The van der Waals surface area contributed by atoms with Crippen molar-refractivity contribution in [3.63, 3.8) is 0 Å². The van der Waals surface area contributed by atoms with Gasteiger partial charge in [-0.25, -0.2) is 0 Å². The van der Waals surface area contributed by atoms with Gasteiger partial charge in [0.2, 0.25) is 5.91 Å². The van der Waals surface area contributed by atoms with Crippen molar-refractivity contribution >= 4 is 23.5 Å². The van der Waals surface area contributed by atoms with Gasteiger partial charge in [0.1, 0.15) is 19.0 Å². The lowest BCUT2D eigenvalue weighted by atomic mass is 10.2. The third kappa shape index (κ3) is 4.79. The van der Waals surface area contributed by atoms with Crippen LogP contribution in [0.15, 0.2) is 30.3 Å². The number of ether oxygens (including phenoxy) is 1. The van der Waals surface area contributed by atoms with E-state index in [4.69, 9.17) is 16.3 Å². The predicted octanol–water partition coefficient (Wildman–Crippen LogP) is 1.08. The number of nitrogens with one attached hydrogen (secondary N) is 1. The Morgan fingerprint density at radius 2 is 1.94 bits per heavy atom. The number of alkyl halides is 1. The molecule has 1 N–H and O–H groups in total. The fourth-order valence-corrected chi connectivity index (χ4v) is 1.10. The van der Waals surface area contributed by atoms with Gasteiger partial charge in [-0.15, -0.1) is 11.6 Å². The fraction of sp³-hybridized carbons (Fsp3) is 0.273. The summed E-state index contributed by atoms with van der Waals surface area (Å²) in [6, 6.07) is 9.30. The average molecular weight is 242 g/mol. The first-order chi connectivity index (χ1) is 7.72. The molecule has 1 aromatic carbocycles. The molecule has 0 aliphatic rings. The number of hydrogen-bond donors (Lipinski definition) is 1. The minimum absolute atomic E-state index is 0.154. The molecular weight excluding hydrogens is 230 g/mol. The lowest BCUT2D eigenvalue weighted by Gasteiger charge is -2.05. The lowest BCUT2D eigenvalue weighted by Crippen LogP contribution is -2.31. The first kappa shape index (κ1) is 12.5. The van der Waals surface area contributed by atoms with E-state index in [1.807, 2.05) is 30.3 Å². The van der Waals surface area contributed by atoms with Crippen molar-refractivity contribution in [1.82, 2.24) is 5.32 Å². The van der Waals surface area contributed by atoms with Gasteiger partial charge in [0.25, 0.3) is 0 Å². The third-order valence-corrected chi connectivity index (χ3v) is 2.04. The standard InChI is InChI=1S/C11H12ClNO3/c12-6-10(14)13-7-11(15)16-8-9-4-2-1-3-5-9/h1-5H,6-8H2,(H,13,14). The zero-order valence-electron chi connectivity index (χ0n) is 8.61. The fourth-order valence-electron chi connectivity index (χ4n) is 1.01. The number of halogens is 1. The minimum Gasteiger partial charge on any atom is -0.460 e. The van der Waals surface area contributed by atoms with E-state index >= 15 is 0 Å². The van der Waals surface area contributed by atoms with E-state index in [2.05, 4.69) is 5.32 Å². The highest BCUT2D eigenvalue weighted by atomic mass is 35.5. The van der Waals surface area contributed by atoms with Crippen LogP contribution in [0, 0.1) is 0 Å². The molecule has 16 heavy (non-hydrogen) atoms. The Bertz CT molecular complexity index is 354. The van der Waals surface area contributed by atoms with Crippen LogP contribution in [-0.4, -0.2) is 24.3 Å². The van der Waals surface area contributed by atoms with E-state index in [0.29, 0.717) is 0 Å². The molecule has 0 fully saturated rings. The van der Waals surface area contributed by atoms with Crippen molar-refractivity contribution in [2.45, 2.75) is 6.61 Å². The Hall–Kier alpha value is -1.55. The van der Waals surface area contributed by atoms with Gasteiger partial charge in [0.05, 0.1) is 0 Å². The molecule has 0 saturated heterocycles. The zero-order valence-corrected chi connectivity index (χ0v) is 9.37. The summed E-state index contributed by atoms with van der Waals surface area (Å²) in [6.45, 7) is 0.0504. The summed E-state index contributed by atoms with van der Waals surface area (Å²) < 4.78 is 4.93. The smallest absolute Gasteiger partial charge is 0.325 e. The highest BCUT2D eigenvalue weighted by molar-refractivity contribution is 6.27. The van der Waals surface area contributed by atoms with Crippen LogP contribution in [0.4, 0.5) is 0 Å². The summed E-state index contributed by atoms with van der Waals surface area (Å²) >= 11 is 5.24. The van der Waals surface area contributed by atoms with Crippen LogP contribution in [0.5, 0.6) is 0 Å². The number of amides is 1. The molecule has 1 amide bonds. The molecule has 0 aliphatic heterocycles. The van der Waals surface area contributed by atoms with Gasteiger partial charge < -0.3 is 10.1 Å². The monoisotopic (exact) mass is 241 g/mol. The van der Waals surface area contributed by atoms with Crippen molar-refractivity contribution in [3.05, 3.63) is 35.9 Å². The average Bonchev–Trinajstić information content (AvgIpc) is 2.34. The zero-order chi connectivity index (χ0) is 11.8. The second-order valence-electron chi connectivity index (χ2n) is 3.06. The van der Waals surface area contributed by atoms with Gasteiger partial charge in [0, 0.05) is 0 Å². The molecule has 0 aromatic heterocycles. The molecule has 0 heterocycles. The molecule has 5 heteroatoms. The number of rotatable bonds is 5. The van der Waals surface area contributed by atoms with Crippen LogP contribution in [0.2, 0.25) is 0 Å².